The quantitative estimate of drug-likeness (QED) is 0.649. The van der Waals surface area contributed by atoms with Gasteiger partial charge >= 0.3 is 5.97 Å². The van der Waals surface area contributed by atoms with E-state index in [0.29, 0.717) is 25.8 Å². The highest BCUT2D eigenvalue weighted by atomic mass is 32.2. The van der Waals surface area contributed by atoms with Crippen molar-refractivity contribution in [3.8, 4) is 0 Å². The molecule has 22 heavy (non-hydrogen) atoms. The zero-order valence-electron chi connectivity index (χ0n) is 13.2. The highest BCUT2D eigenvalue weighted by molar-refractivity contribution is 7.89. The van der Waals surface area contributed by atoms with Gasteiger partial charge in [0.2, 0.25) is 15.9 Å². The number of nitrogens with zero attached hydrogens (tertiary/aromatic N) is 1. The minimum absolute atomic E-state index is 0.0243. The monoisotopic (exact) mass is 334 g/mol. The van der Waals surface area contributed by atoms with Crippen LogP contribution in [0, 0.1) is 5.92 Å². The normalized spacial score (nSPS) is 20.7. The summed E-state index contributed by atoms with van der Waals surface area (Å²) < 4.78 is 25.8. The Labute approximate surface area is 132 Å². The summed E-state index contributed by atoms with van der Waals surface area (Å²) in [6.45, 7) is 4.28. The van der Waals surface area contributed by atoms with Crippen molar-refractivity contribution < 1.29 is 23.1 Å². The predicted octanol–water partition coefficient (Wildman–Crippen LogP) is 0.808. The number of rotatable bonds is 9. The average molecular weight is 334 g/mol. The zero-order valence-corrected chi connectivity index (χ0v) is 14.1. The lowest BCUT2D eigenvalue weighted by Gasteiger charge is -2.23. The van der Waals surface area contributed by atoms with Gasteiger partial charge in [0.05, 0.1) is 5.75 Å². The molecule has 0 aromatic heterocycles. The van der Waals surface area contributed by atoms with E-state index in [9.17, 15) is 18.0 Å². The second-order valence-electron chi connectivity index (χ2n) is 5.89. The first-order valence-electron chi connectivity index (χ1n) is 7.77. The number of carboxylic acids is 1. The van der Waals surface area contributed by atoms with E-state index in [1.165, 1.54) is 4.31 Å². The molecule has 1 amide bonds. The van der Waals surface area contributed by atoms with E-state index in [1.54, 1.807) is 6.92 Å². The number of hydrogen-bond donors (Lipinski definition) is 2. The Kier molecular flexibility index (Phi) is 7.28. The van der Waals surface area contributed by atoms with Crippen molar-refractivity contribution in [2.75, 3.05) is 18.8 Å². The van der Waals surface area contributed by atoms with Crippen LogP contribution < -0.4 is 5.32 Å². The van der Waals surface area contributed by atoms with Gasteiger partial charge in [-0.2, -0.15) is 4.31 Å². The molecule has 2 unspecified atom stereocenters. The van der Waals surface area contributed by atoms with Gasteiger partial charge in [0, 0.05) is 19.5 Å². The lowest BCUT2D eigenvalue weighted by atomic mass is 10.1. The summed E-state index contributed by atoms with van der Waals surface area (Å²) in [5.41, 5.74) is 0. The molecule has 0 radical (unpaired) electrons. The molecule has 0 aromatic rings. The van der Waals surface area contributed by atoms with Gasteiger partial charge in [0.15, 0.2) is 0 Å². The SMILES string of the molecule is CCCCS(=O)(=O)N1CCCC1C(=O)NCC(C)CC(=O)O. The zero-order chi connectivity index (χ0) is 16.8. The molecule has 1 heterocycles. The second-order valence-corrected chi connectivity index (χ2v) is 7.93. The molecule has 0 bridgehead atoms. The molecule has 1 rings (SSSR count). The first-order chi connectivity index (χ1) is 10.3. The Morgan fingerprint density at radius 3 is 2.68 bits per heavy atom. The maximum atomic E-state index is 12.3. The van der Waals surface area contributed by atoms with Crippen LogP contribution in [0.5, 0.6) is 0 Å². The molecule has 0 aliphatic carbocycles. The maximum absolute atomic E-state index is 12.3. The van der Waals surface area contributed by atoms with E-state index >= 15 is 0 Å². The van der Waals surface area contributed by atoms with Gasteiger partial charge in [0.1, 0.15) is 6.04 Å². The van der Waals surface area contributed by atoms with Crippen molar-refractivity contribution in [3.63, 3.8) is 0 Å². The molecule has 2 atom stereocenters. The Morgan fingerprint density at radius 1 is 1.41 bits per heavy atom. The molecule has 0 saturated carbocycles. The van der Waals surface area contributed by atoms with Crippen molar-refractivity contribution in [1.29, 1.82) is 0 Å². The lowest BCUT2D eigenvalue weighted by molar-refractivity contribution is -0.138. The minimum atomic E-state index is -3.40. The third kappa shape index (κ3) is 5.57. The topological polar surface area (TPSA) is 104 Å². The fourth-order valence-corrected chi connectivity index (χ4v) is 4.43. The number of carbonyl (C=O) groups is 2. The van der Waals surface area contributed by atoms with Crippen molar-refractivity contribution in [1.82, 2.24) is 9.62 Å². The van der Waals surface area contributed by atoms with Gasteiger partial charge in [-0.25, -0.2) is 8.42 Å². The minimum Gasteiger partial charge on any atom is -0.481 e. The Morgan fingerprint density at radius 2 is 2.09 bits per heavy atom. The van der Waals surface area contributed by atoms with Crippen LogP contribution in [-0.2, 0) is 19.6 Å². The van der Waals surface area contributed by atoms with Crippen LogP contribution in [0.15, 0.2) is 0 Å². The molecule has 8 heteroatoms. The predicted molar refractivity (Wildman–Crippen MR) is 82.8 cm³/mol. The number of nitrogens with one attached hydrogen (secondary N) is 1. The van der Waals surface area contributed by atoms with Gasteiger partial charge in [-0.3, -0.25) is 9.59 Å². The Hall–Kier alpha value is -1.15. The Balaban J connectivity index is 2.58. The van der Waals surface area contributed by atoms with Crippen LogP contribution in [0.4, 0.5) is 0 Å². The third-order valence-corrected chi connectivity index (χ3v) is 5.72. The summed E-state index contributed by atoms with van der Waals surface area (Å²) >= 11 is 0. The van der Waals surface area contributed by atoms with Gasteiger partial charge in [0.25, 0.3) is 0 Å². The van der Waals surface area contributed by atoms with Gasteiger partial charge < -0.3 is 10.4 Å². The van der Waals surface area contributed by atoms with Crippen LogP contribution in [0.25, 0.3) is 0 Å². The maximum Gasteiger partial charge on any atom is 0.303 e. The first kappa shape index (κ1) is 18.9. The highest BCUT2D eigenvalue weighted by Crippen LogP contribution is 2.22. The summed E-state index contributed by atoms with van der Waals surface area (Å²) in [5.74, 6) is -1.35. The standard InChI is InChI=1S/C14H26N2O5S/c1-3-4-8-22(20,21)16-7-5-6-12(16)14(19)15-10-11(2)9-13(17)18/h11-12H,3-10H2,1-2H3,(H,15,19)(H,17,18). The molecule has 7 nitrogen and oxygen atoms in total. The van der Waals surface area contributed by atoms with Crippen molar-refractivity contribution in [3.05, 3.63) is 0 Å². The number of aliphatic carboxylic acids is 1. The van der Waals surface area contributed by atoms with E-state index in [2.05, 4.69) is 5.32 Å². The van der Waals surface area contributed by atoms with Crippen molar-refractivity contribution in [2.24, 2.45) is 5.92 Å². The Bertz CT molecular complexity index is 491. The largest absolute Gasteiger partial charge is 0.481 e. The summed E-state index contributed by atoms with van der Waals surface area (Å²) in [5, 5.41) is 11.4. The molecule has 0 spiro atoms. The average Bonchev–Trinajstić information content (AvgIpc) is 2.92. The number of carboxylic acid groups (broad SMARTS) is 1. The summed E-state index contributed by atoms with van der Waals surface area (Å²) in [6, 6.07) is -0.654. The van der Waals surface area contributed by atoms with E-state index in [4.69, 9.17) is 5.11 Å². The number of unbranched alkanes of at least 4 members (excludes halogenated alkanes) is 1. The molecule has 1 aliphatic heterocycles. The van der Waals surface area contributed by atoms with Crippen LogP contribution in [0.1, 0.15) is 46.0 Å². The molecule has 1 fully saturated rings. The van der Waals surface area contributed by atoms with Crippen LogP contribution in [0.2, 0.25) is 0 Å². The van der Waals surface area contributed by atoms with E-state index in [1.807, 2.05) is 6.92 Å². The van der Waals surface area contributed by atoms with Crippen molar-refractivity contribution >= 4 is 21.9 Å². The van der Waals surface area contributed by atoms with E-state index in [0.717, 1.165) is 6.42 Å². The fourth-order valence-electron chi connectivity index (χ4n) is 2.54. The number of hydrogen-bond acceptors (Lipinski definition) is 4. The van der Waals surface area contributed by atoms with Crippen molar-refractivity contribution in [2.45, 2.75) is 52.0 Å². The molecule has 0 aromatic carbocycles. The lowest BCUT2D eigenvalue weighted by Crippen LogP contribution is -2.47. The second kappa shape index (κ2) is 8.47. The van der Waals surface area contributed by atoms with Gasteiger partial charge in [-0.1, -0.05) is 20.3 Å². The summed E-state index contributed by atoms with van der Waals surface area (Å²) in [6.07, 6.45) is 2.54. The molecule has 128 valence electrons. The van der Waals surface area contributed by atoms with Crippen LogP contribution in [0.3, 0.4) is 0 Å². The highest BCUT2D eigenvalue weighted by Gasteiger charge is 2.38. The van der Waals surface area contributed by atoms with Gasteiger partial charge in [-0.15, -0.1) is 0 Å². The van der Waals surface area contributed by atoms with E-state index in [-0.39, 0.29) is 30.5 Å². The number of amides is 1. The summed E-state index contributed by atoms with van der Waals surface area (Å²) in [7, 11) is -3.40. The molecular formula is C14H26N2O5S. The molecule has 1 aliphatic rings. The van der Waals surface area contributed by atoms with Gasteiger partial charge in [-0.05, 0) is 25.2 Å². The fraction of sp³-hybridized carbons (Fsp3) is 0.857. The smallest absolute Gasteiger partial charge is 0.303 e. The molecule has 2 N–H and O–H groups in total. The van der Waals surface area contributed by atoms with E-state index < -0.39 is 22.0 Å². The van der Waals surface area contributed by atoms with Crippen LogP contribution in [-0.4, -0.2) is 54.6 Å². The number of carbonyl (C=O) groups excluding carboxylic acids is 1. The molecular weight excluding hydrogens is 308 g/mol. The first-order valence-corrected chi connectivity index (χ1v) is 9.38. The van der Waals surface area contributed by atoms with Crippen LogP contribution >= 0.6 is 0 Å². The number of sulfonamides is 1. The third-order valence-electron chi connectivity index (χ3n) is 3.77. The molecule has 1 saturated heterocycles. The summed E-state index contributed by atoms with van der Waals surface area (Å²) in [4.78, 5) is 22.8.